The summed E-state index contributed by atoms with van der Waals surface area (Å²) >= 11 is 1.27. The summed E-state index contributed by atoms with van der Waals surface area (Å²) in [5.74, 6) is 0. The van der Waals surface area contributed by atoms with Crippen molar-refractivity contribution in [2.75, 3.05) is 19.7 Å². The lowest BCUT2D eigenvalue weighted by Gasteiger charge is -2.31. The van der Waals surface area contributed by atoms with Crippen molar-refractivity contribution >= 4 is 27.5 Å². The van der Waals surface area contributed by atoms with E-state index in [0.717, 1.165) is 17.7 Å². The second kappa shape index (κ2) is 6.76. The topological polar surface area (TPSA) is 75.7 Å². The van der Waals surface area contributed by atoms with Crippen LogP contribution < -0.4 is 5.32 Å². The first-order valence-electron chi connectivity index (χ1n) is 6.93. The first-order chi connectivity index (χ1) is 9.93. The lowest BCUT2D eigenvalue weighted by molar-refractivity contribution is 0.142. The fourth-order valence-electron chi connectivity index (χ4n) is 2.30. The number of piperidine rings is 1. The number of ether oxygens (including phenoxy) is 1. The summed E-state index contributed by atoms with van der Waals surface area (Å²) in [5.41, 5.74) is 0. The number of carbonyl (C=O) groups excluding carboxylic acids is 1. The maximum atomic E-state index is 12.5. The van der Waals surface area contributed by atoms with Gasteiger partial charge in [0.1, 0.15) is 4.21 Å². The zero-order chi connectivity index (χ0) is 15.5. The molecule has 0 saturated carbocycles. The van der Waals surface area contributed by atoms with Crippen LogP contribution in [0.25, 0.3) is 0 Å². The molecular weight excluding hydrogens is 312 g/mol. The number of nitrogens with zero attached hydrogens (tertiary/aromatic N) is 1. The van der Waals surface area contributed by atoms with Crippen LogP contribution in [0.15, 0.2) is 16.3 Å². The van der Waals surface area contributed by atoms with E-state index in [9.17, 15) is 13.2 Å². The van der Waals surface area contributed by atoms with E-state index < -0.39 is 16.1 Å². The molecule has 8 heteroatoms. The van der Waals surface area contributed by atoms with Crippen molar-refractivity contribution in [1.82, 2.24) is 9.62 Å². The van der Waals surface area contributed by atoms with Gasteiger partial charge in [-0.15, -0.1) is 11.3 Å². The lowest BCUT2D eigenvalue weighted by Crippen LogP contribution is -2.49. The van der Waals surface area contributed by atoms with Crippen molar-refractivity contribution in [2.24, 2.45) is 0 Å². The summed E-state index contributed by atoms with van der Waals surface area (Å²) in [6, 6.07) is 3.24. The summed E-state index contributed by atoms with van der Waals surface area (Å²) in [7, 11) is -3.46. The molecule has 1 unspecified atom stereocenters. The van der Waals surface area contributed by atoms with Crippen molar-refractivity contribution in [3.63, 3.8) is 0 Å². The molecule has 1 N–H and O–H groups in total. The van der Waals surface area contributed by atoms with Crippen LogP contribution in [0.1, 0.15) is 24.6 Å². The molecule has 21 heavy (non-hydrogen) atoms. The highest BCUT2D eigenvalue weighted by atomic mass is 32.2. The van der Waals surface area contributed by atoms with E-state index in [1.807, 2.05) is 6.92 Å². The van der Waals surface area contributed by atoms with Gasteiger partial charge in [-0.1, -0.05) is 0 Å². The first-order valence-corrected chi connectivity index (χ1v) is 9.19. The average Bonchev–Trinajstić information content (AvgIpc) is 2.87. The maximum Gasteiger partial charge on any atom is 0.407 e. The van der Waals surface area contributed by atoms with Crippen molar-refractivity contribution in [1.29, 1.82) is 0 Å². The van der Waals surface area contributed by atoms with Crippen LogP contribution in [0.3, 0.4) is 0 Å². The summed E-state index contributed by atoms with van der Waals surface area (Å²) < 4.78 is 31.7. The number of thiophene rings is 1. The van der Waals surface area contributed by atoms with Gasteiger partial charge in [-0.25, -0.2) is 13.2 Å². The van der Waals surface area contributed by atoms with Crippen LogP contribution in [0, 0.1) is 6.92 Å². The Bertz CT molecular complexity index is 597. The average molecular weight is 332 g/mol. The van der Waals surface area contributed by atoms with E-state index in [1.165, 1.54) is 15.6 Å². The van der Waals surface area contributed by atoms with Crippen LogP contribution >= 0.6 is 11.3 Å². The number of hydrogen-bond acceptors (Lipinski definition) is 5. The Kier molecular flexibility index (Phi) is 5.23. The fourth-order valence-corrected chi connectivity index (χ4v) is 5.26. The molecule has 1 fully saturated rings. The first kappa shape index (κ1) is 16.3. The molecule has 0 spiro atoms. The number of carbonyl (C=O) groups is 1. The molecular formula is C13H20N2O4S2. The largest absolute Gasteiger partial charge is 0.450 e. The van der Waals surface area contributed by atoms with Crippen molar-refractivity contribution in [2.45, 2.75) is 36.9 Å². The van der Waals surface area contributed by atoms with Gasteiger partial charge in [0, 0.05) is 24.0 Å². The quantitative estimate of drug-likeness (QED) is 0.914. The summed E-state index contributed by atoms with van der Waals surface area (Å²) in [6.45, 7) is 4.69. The molecule has 0 radical (unpaired) electrons. The molecule has 1 aromatic heterocycles. The number of amides is 1. The molecule has 0 aliphatic carbocycles. The standard InChI is InChI=1S/C13H20N2O4S2/c1-3-19-13(16)14-11-5-4-8-15(9-11)21(17,18)12-7-6-10(2)20-12/h6-7,11H,3-5,8-9H2,1-2H3,(H,14,16). The van der Waals surface area contributed by atoms with E-state index in [2.05, 4.69) is 5.32 Å². The number of rotatable bonds is 4. The second-order valence-electron chi connectivity index (χ2n) is 4.93. The van der Waals surface area contributed by atoms with Crippen molar-refractivity contribution < 1.29 is 17.9 Å². The third kappa shape index (κ3) is 3.96. The Labute approximate surface area is 129 Å². The molecule has 6 nitrogen and oxygen atoms in total. The summed E-state index contributed by atoms with van der Waals surface area (Å²) in [6.07, 6.45) is 0.989. The molecule has 0 aromatic carbocycles. The highest BCUT2D eigenvalue weighted by molar-refractivity contribution is 7.91. The van der Waals surface area contributed by atoms with E-state index >= 15 is 0 Å². The van der Waals surface area contributed by atoms with E-state index in [0.29, 0.717) is 17.4 Å². The zero-order valence-electron chi connectivity index (χ0n) is 12.2. The van der Waals surface area contributed by atoms with Gasteiger partial charge in [-0.3, -0.25) is 0 Å². The van der Waals surface area contributed by atoms with Gasteiger partial charge in [-0.2, -0.15) is 4.31 Å². The lowest BCUT2D eigenvalue weighted by atomic mass is 10.1. The number of nitrogens with one attached hydrogen (secondary N) is 1. The Balaban J connectivity index is 2.05. The highest BCUT2D eigenvalue weighted by Crippen LogP contribution is 2.26. The SMILES string of the molecule is CCOC(=O)NC1CCCN(S(=O)(=O)c2ccc(C)s2)C1. The Morgan fingerprint density at radius 1 is 1.52 bits per heavy atom. The van der Waals surface area contributed by atoms with Gasteiger partial charge < -0.3 is 10.1 Å². The van der Waals surface area contributed by atoms with Gasteiger partial charge in [0.2, 0.25) is 0 Å². The van der Waals surface area contributed by atoms with Crippen molar-refractivity contribution in [3.8, 4) is 0 Å². The predicted molar refractivity (Wildman–Crippen MR) is 81.0 cm³/mol. The Morgan fingerprint density at radius 2 is 2.29 bits per heavy atom. The minimum absolute atomic E-state index is 0.200. The molecule has 118 valence electrons. The summed E-state index contributed by atoms with van der Waals surface area (Å²) in [5, 5.41) is 2.71. The molecule has 1 saturated heterocycles. The van der Waals surface area contributed by atoms with Crippen LogP contribution in [0.4, 0.5) is 4.79 Å². The molecule has 0 bridgehead atoms. The van der Waals surface area contributed by atoms with Crippen LogP contribution in [-0.2, 0) is 14.8 Å². The summed E-state index contributed by atoms with van der Waals surface area (Å²) in [4.78, 5) is 12.4. The van der Waals surface area contributed by atoms with E-state index in [4.69, 9.17) is 4.74 Å². The minimum Gasteiger partial charge on any atom is -0.450 e. The van der Waals surface area contributed by atoms with Crippen LogP contribution in [0.5, 0.6) is 0 Å². The number of aryl methyl sites for hydroxylation is 1. The van der Waals surface area contributed by atoms with Gasteiger partial charge in [0.25, 0.3) is 10.0 Å². The number of sulfonamides is 1. The third-order valence-electron chi connectivity index (χ3n) is 3.29. The van der Waals surface area contributed by atoms with Gasteiger partial charge in [0.15, 0.2) is 0 Å². The molecule has 1 atom stereocenters. The van der Waals surface area contributed by atoms with E-state index in [1.54, 1.807) is 19.1 Å². The molecule has 2 rings (SSSR count). The molecule has 1 aliphatic heterocycles. The van der Waals surface area contributed by atoms with Gasteiger partial charge >= 0.3 is 6.09 Å². The maximum absolute atomic E-state index is 12.5. The normalized spacial score (nSPS) is 20.2. The van der Waals surface area contributed by atoms with Crippen LogP contribution in [0.2, 0.25) is 0 Å². The molecule has 1 aliphatic rings. The predicted octanol–water partition coefficient (Wildman–Crippen LogP) is 1.96. The molecule has 1 amide bonds. The van der Waals surface area contributed by atoms with Gasteiger partial charge in [0.05, 0.1) is 6.61 Å². The Morgan fingerprint density at radius 3 is 2.90 bits per heavy atom. The van der Waals surface area contributed by atoms with Gasteiger partial charge in [-0.05, 0) is 38.8 Å². The Hall–Kier alpha value is -1.12. The number of hydrogen-bond donors (Lipinski definition) is 1. The molecule has 1 aromatic rings. The second-order valence-corrected chi connectivity index (χ2v) is 8.38. The smallest absolute Gasteiger partial charge is 0.407 e. The minimum atomic E-state index is -3.46. The monoisotopic (exact) mass is 332 g/mol. The third-order valence-corrected chi connectivity index (χ3v) is 6.62. The van der Waals surface area contributed by atoms with E-state index in [-0.39, 0.29) is 12.6 Å². The van der Waals surface area contributed by atoms with Crippen LogP contribution in [-0.4, -0.2) is 44.6 Å². The molecule has 2 heterocycles. The zero-order valence-corrected chi connectivity index (χ0v) is 13.8. The highest BCUT2D eigenvalue weighted by Gasteiger charge is 2.31. The van der Waals surface area contributed by atoms with Crippen molar-refractivity contribution in [3.05, 3.63) is 17.0 Å². The number of alkyl carbamates (subject to hydrolysis) is 1. The fraction of sp³-hybridized carbons (Fsp3) is 0.615.